The van der Waals surface area contributed by atoms with E-state index < -0.39 is 11.9 Å². The Kier molecular flexibility index (Phi) is 6.49. The number of amides is 1. The van der Waals surface area contributed by atoms with E-state index in [9.17, 15) is 9.59 Å². The summed E-state index contributed by atoms with van der Waals surface area (Å²) < 4.78 is 0. The number of primary amides is 1. The summed E-state index contributed by atoms with van der Waals surface area (Å²) in [5.41, 5.74) is 6.22. The summed E-state index contributed by atoms with van der Waals surface area (Å²) in [6, 6.07) is 5.20. The van der Waals surface area contributed by atoms with Crippen LogP contribution in [0.5, 0.6) is 0 Å². The van der Waals surface area contributed by atoms with E-state index in [2.05, 4.69) is 5.32 Å². The number of hydrogen-bond donors (Lipinski definition) is 3. The Morgan fingerprint density at radius 3 is 2.57 bits per heavy atom. The standard InChI is InChI=1S/C15H21ClN2O3/c1-9(15(20)21)5-3-6-10(2)18-12-8-4-7-11(16)13(12)14(17)19/h4,7-10,18H,3,5-6H2,1-2H3,(H2,17,19)(H,20,21). The fourth-order valence-corrected chi connectivity index (χ4v) is 2.35. The molecule has 1 aromatic rings. The van der Waals surface area contributed by atoms with Crippen molar-refractivity contribution in [2.75, 3.05) is 5.32 Å². The molecule has 2 unspecified atom stereocenters. The van der Waals surface area contributed by atoms with Crippen molar-refractivity contribution in [2.24, 2.45) is 11.7 Å². The molecule has 21 heavy (non-hydrogen) atoms. The van der Waals surface area contributed by atoms with Crippen LogP contribution >= 0.6 is 11.6 Å². The third-order valence-electron chi connectivity index (χ3n) is 3.36. The highest BCUT2D eigenvalue weighted by molar-refractivity contribution is 6.34. The van der Waals surface area contributed by atoms with Gasteiger partial charge in [-0.1, -0.05) is 31.0 Å². The van der Waals surface area contributed by atoms with Crippen LogP contribution in [0.2, 0.25) is 5.02 Å². The van der Waals surface area contributed by atoms with Crippen LogP contribution in [0.4, 0.5) is 5.69 Å². The molecular formula is C15H21ClN2O3. The van der Waals surface area contributed by atoms with Crippen LogP contribution < -0.4 is 11.1 Å². The zero-order chi connectivity index (χ0) is 16.0. The molecule has 0 saturated carbocycles. The second kappa shape index (κ2) is 7.88. The van der Waals surface area contributed by atoms with Crippen LogP contribution in [0.15, 0.2) is 18.2 Å². The molecule has 1 aromatic carbocycles. The lowest BCUT2D eigenvalue weighted by molar-refractivity contribution is -0.141. The molecule has 0 aromatic heterocycles. The Hall–Kier alpha value is -1.75. The second-order valence-electron chi connectivity index (χ2n) is 5.24. The van der Waals surface area contributed by atoms with E-state index in [0.717, 1.165) is 12.8 Å². The fraction of sp³-hybridized carbons (Fsp3) is 0.467. The molecule has 0 fully saturated rings. The van der Waals surface area contributed by atoms with Crippen molar-refractivity contribution in [3.05, 3.63) is 28.8 Å². The van der Waals surface area contributed by atoms with Crippen molar-refractivity contribution in [1.29, 1.82) is 0 Å². The summed E-state index contributed by atoms with van der Waals surface area (Å²) in [5.74, 6) is -1.69. The third kappa shape index (κ3) is 5.27. The minimum absolute atomic E-state index is 0.0857. The molecule has 0 heterocycles. The summed E-state index contributed by atoms with van der Waals surface area (Å²) in [5, 5.41) is 12.4. The average Bonchev–Trinajstić information content (AvgIpc) is 2.37. The highest BCUT2D eigenvalue weighted by atomic mass is 35.5. The molecule has 1 rings (SSSR count). The van der Waals surface area contributed by atoms with Crippen molar-refractivity contribution in [3.8, 4) is 0 Å². The number of carbonyl (C=O) groups excluding carboxylic acids is 1. The fourth-order valence-electron chi connectivity index (χ4n) is 2.09. The van der Waals surface area contributed by atoms with Gasteiger partial charge in [-0.2, -0.15) is 0 Å². The normalized spacial score (nSPS) is 13.5. The van der Waals surface area contributed by atoms with E-state index in [0.29, 0.717) is 17.1 Å². The molecule has 0 aliphatic rings. The number of aliphatic carboxylic acids is 1. The third-order valence-corrected chi connectivity index (χ3v) is 3.67. The minimum Gasteiger partial charge on any atom is -0.481 e. The Labute approximate surface area is 129 Å². The van der Waals surface area contributed by atoms with E-state index in [1.165, 1.54) is 0 Å². The lowest BCUT2D eigenvalue weighted by atomic mass is 10.0. The van der Waals surface area contributed by atoms with Gasteiger partial charge in [0, 0.05) is 11.7 Å². The summed E-state index contributed by atoms with van der Waals surface area (Å²) in [6.45, 7) is 3.67. The van der Waals surface area contributed by atoms with Crippen LogP contribution in [-0.2, 0) is 4.79 Å². The van der Waals surface area contributed by atoms with Gasteiger partial charge in [0.2, 0.25) is 0 Å². The molecule has 0 radical (unpaired) electrons. The molecular weight excluding hydrogens is 292 g/mol. The van der Waals surface area contributed by atoms with Gasteiger partial charge >= 0.3 is 5.97 Å². The monoisotopic (exact) mass is 312 g/mol. The molecule has 0 saturated heterocycles. The smallest absolute Gasteiger partial charge is 0.306 e. The molecule has 0 aliphatic heterocycles. The van der Waals surface area contributed by atoms with Gasteiger partial charge in [0.15, 0.2) is 0 Å². The topological polar surface area (TPSA) is 92.4 Å². The van der Waals surface area contributed by atoms with Gasteiger partial charge < -0.3 is 16.2 Å². The molecule has 0 spiro atoms. The van der Waals surface area contributed by atoms with Crippen molar-refractivity contribution in [1.82, 2.24) is 0 Å². The zero-order valence-electron chi connectivity index (χ0n) is 12.2. The first-order valence-electron chi connectivity index (χ1n) is 6.90. The Balaban J connectivity index is 2.59. The van der Waals surface area contributed by atoms with Gasteiger partial charge in [0.25, 0.3) is 5.91 Å². The first-order chi connectivity index (χ1) is 9.82. The minimum atomic E-state index is -0.776. The largest absolute Gasteiger partial charge is 0.481 e. The van der Waals surface area contributed by atoms with Gasteiger partial charge in [0.1, 0.15) is 0 Å². The predicted octanol–water partition coefficient (Wildman–Crippen LogP) is 3.13. The Morgan fingerprint density at radius 1 is 1.33 bits per heavy atom. The van der Waals surface area contributed by atoms with Gasteiger partial charge in [-0.3, -0.25) is 9.59 Å². The first kappa shape index (κ1) is 17.3. The van der Waals surface area contributed by atoms with E-state index in [4.69, 9.17) is 22.4 Å². The van der Waals surface area contributed by atoms with E-state index in [-0.39, 0.29) is 17.5 Å². The van der Waals surface area contributed by atoms with Gasteiger partial charge in [0.05, 0.1) is 16.5 Å². The lowest BCUT2D eigenvalue weighted by Gasteiger charge is -2.18. The van der Waals surface area contributed by atoms with Gasteiger partial charge in [-0.15, -0.1) is 0 Å². The van der Waals surface area contributed by atoms with Crippen LogP contribution in [-0.4, -0.2) is 23.0 Å². The molecule has 0 bridgehead atoms. The van der Waals surface area contributed by atoms with Crippen LogP contribution in [0.25, 0.3) is 0 Å². The van der Waals surface area contributed by atoms with E-state index in [1.54, 1.807) is 25.1 Å². The maximum atomic E-state index is 11.4. The number of rotatable bonds is 8. The lowest BCUT2D eigenvalue weighted by Crippen LogP contribution is -2.20. The first-order valence-corrected chi connectivity index (χ1v) is 7.28. The second-order valence-corrected chi connectivity index (χ2v) is 5.65. The highest BCUT2D eigenvalue weighted by Crippen LogP contribution is 2.25. The molecule has 6 heteroatoms. The van der Waals surface area contributed by atoms with Crippen LogP contribution in [0.3, 0.4) is 0 Å². The molecule has 5 nitrogen and oxygen atoms in total. The maximum absolute atomic E-state index is 11.4. The number of nitrogens with two attached hydrogens (primary N) is 1. The SMILES string of the molecule is CC(CCCC(C)C(=O)O)Nc1cccc(Cl)c1C(N)=O. The zero-order valence-corrected chi connectivity index (χ0v) is 13.0. The number of halogens is 1. The Bertz CT molecular complexity index is 520. The van der Waals surface area contributed by atoms with Crippen molar-refractivity contribution >= 4 is 29.2 Å². The van der Waals surface area contributed by atoms with Gasteiger partial charge in [-0.05, 0) is 31.9 Å². The summed E-state index contributed by atoms with van der Waals surface area (Å²) in [7, 11) is 0. The quantitative estimate of drug-likeness (QED) is 0.687. The maximum Gasteiger partial charge on any atom is 0.306 e. The number of hydrogen-bond acceptors (Lipinski definition) is 3. The number of benzene rings is 1. The van der Waals surface area contributed by atoms with Crippen LogP contribution in [0.1, 0.15) is 43.5 Å². The average molecular weight is 313 g/mol. The Morgan fingerprint density at radius 2 is 2.00 bits per heavy atom. The summed E-state index contributed by atoms with van der Waals surface area (Å²) in [4.78, 5) is 22.2. The molecule has 116 valence electrons. The number of carboxylic acids is 1. The van der Waals surface area contributed by atoms with Crippen molar-refractivity contribution < 1.29 is 14.7 Å². The number of anilines is 1. The molecule has 1 amide bonds. The number of nitrogens with one attached hydrogen (secondary N) is 1. The van der Waals surface area contributed by atoms with Gasteiger partial charge in [-0.25, -0.2) is 0 Å². The van der Waals surface area contributed by atoms with Crippen molar-refractivity contribution in [3.63, 3.8) is 0 Å². The molecule has 2 atom stereocenters. The molecule has 0 aliphatic carbocycles. The summed E-state index contributed by atoms with van der Waals surface area (Å²) >= 11 is 5.98. The number of carboxylic acid groups (broad SMARTS) is 1. The highest BCUT2D eigenvalue weighted by Gasteiger charge is 2.15. The molecule has 4 N–H and O–H groups in total. The van der Waals surface area contributed by atoms with E-state index >= 15 is 0 Å². The predicted molar refractivity (Wildman–Crippen MR) is 83.7 cm³/mol. The van der Waals surface area contributed by atoms with E-state index in [1.807, 2.05) is 6.92 Å². The summed E-state index contributed by atoms with van der Waals surface area (Å²) in [6.07, 6.45) is 2.20. The number of carbonyl (C=O) groups is 2. The van der Waals surface area contributed by atoms with Crippen LogP contribution in [0, 0.1) is 5.92 Å². The van der Waals surface area contributed by atoms with Crippen molar-refractivity contribution in [2.45, 2.75) is 39.2 Å².